The van der Waals surface area contributed by atoms with Crippen molar-refractivity contribution in [3.05, 3.63) is 92.3 Å². The van der Waals surface area contributed by atoms with E-state index in [1.807, 2.05) is 74.5 Å². The average Bonchev–Trinajstić information content (AvgIpc) is 3.16. The maximum Gasteiger partial charge on any atom is 0.264 e. The lowest BCUT2D eigenvalue weighted by Gasteiger charge is -2.13. The molecule has 1 aliphatic rings. The van der Waals surface area contributed by atoms with Gasteiger partial charge in [-0.05, 0) is 73.1 Å². The Labute approximate surface area is 212 Å². The van der Waals surface area contributed by atoms with Crippen LogP contribution in [0.5, 0.6) is 11.5 Å². The van der Waals surface area contributed by atoms with Gasteiger partial charge in [0, 0.05) is 15.6 Å². The van der Waals surface area contributed by atoms with Crippen molar-refractivity contribution in [2.45, 2.75) is 20.5 Å². The highest BCUT2D eigenvalue weighted by Crippen LogP contribution is 2.34. The molecule has 1 aliphatic heterocycles. The second-order valence-corrected chi connectivity index (χ2v) is 9.23. The number of benzene rings is 3. The molecule has 1 saturated heterocycles. The number of nitrogens with one attached hydrogen (secondary N) is 1. The third kappa shape index (κ3) is 5.76. The predicted octanol–water partition coefficient (Wildman–Crippen LogP) is 7.17. The number of amidine groups is 1. The van der Waals surface area contributed by atoms with Gasteiger partial charge in [-0.3, -0.25) is 4.79 Å². The van der Waals surface area contributed by atoms with E-state index in [1.165, 1.54) is 11.8 Å². The molecule has 3 aromatic carbocycles. The van der Waals surface area contributed by atoms with E-state index < -0.39 is 0 Å². The van der Waals surface area contributed by atoms with E-state index in [2.05, 4.69) is 10.3 Å². The van der Waals surface area contributed by atoms with E-state index in [4.69, 9.17) is 32.7 Å². The number of thioether (sulfide) groups is 1. The standard InChI is InChI=1S/C26H22Cl2N2O3S/c1-3-32-23-13-17(11-12-22(23)33-15-18-7-4-5-8-20(18)28)14-24-25(31)30-26(34-24)29-21-10-6-9-19(27)16(21)2/h4-14H,3,15H2,1-2H3,(H,29,30,31)/b24-14-. The molecule has 174 valence electrons. The molecule has 3 aromatic rings. The summed E-state index contributed by atoms with van der Waals surface area (Å²) in [5.74, 6) is 0.988. The second kappa shape index (κ2) is 11.0. The first-order chi connectivity index (χ1) is 16.4. The summed E-state index contributed by atoms with van der Waals surface area (Å²) >= 11 is 13.7. The topological polar surface area (TPSA) is 59.9 Å². The van der Waals surface area contributed by atoms with Gasteiger partial charge in [0.25, 0.3) is 5.91 Å². The monoisotopic (exact) mass is 512 g/mol. The fourth-order valence-electron chi connectivity index (χ4n) is 3.23. The number of nitrogens with zero attached hydrogens (tertiary/aromatic N) is 1. The van der Waals surface area contributed by atoms with Gasteiger partial charge in [0.2, 0.25) is 0 Å². The first-order valence-corrected chi connectivity index (χ1v) is 12.2. The zero-order valence-corrected chi connectivity index (χ0v) is 20.9. The minimum atomic E-state index is -0.208. The maximum absolute atomic E-state index is 12.5. The summed E-state index contributed by atoms with van der Waals surface area (Å²) in [5, 5.41) is 4.60. The maximum atomic E-state index is 12.5. The highest BCUT2D eigenvalue weighted by Gasteiger charge is 2.24. The number of halogens is 2. The van der Waals surface area contributed by atoms with Crippen molar-refractivity contribution in [3.8, 4) is 11.5 Å². The average molecular weight is 513 g/mol. The van der Waals surface area contributed by atoms with Crippen molar-refractivity contribution in [1.29, 1.82) is 0 Å². The van der Waals surface area contributed by atoms with E-state index >= 15 is 0 Å². The molecule has 0 bridgehead atoms. The van der Waals surface area contributed by atoms with Crippen molar-refractivity contribution < 1.29 is 14.3 Å². The number of aliphatic imine (C=N–C) groups is 1. The smallest absolute Gasteiger partial charge is 0.264 e. The SMILES string of the molecule is CCOc1cc(/C=C2\SC(=Nc3cccc(Cl)c3C)NC2=O)ccc1OCc1ccccc1Cl. The summed E-state index contributed by atoms with van der Waals surface area (Å²) in [6, 6.07) is 18.6. The Bertz CT molecular complexity index is 1290. The highest BCUT2D eigenvalue weighted by atomic mass is 35.5. The van der Waals surface area contributed by atoms with Crippen molar-refractivity contribution in [1.82, 2.24) is 5.32 Å². The lowest BCUT2D eigenvalue weighted by atomic mass is 10.2. The Morgan fingerprint density at radius 2 is 1.79 bits per heavy atom. The fourth-order valence-corrected chi connectivity index (χ4v) is 4.43. The molecule has 0 aliphatic carbocycles. The quantitative estimate of drug-likeness (QED) is 0.340. The molecular weight excluding hydrogens is 491 g/mol. The van der Waals surface area contributed by atoms with Gasteiger partial charge >= 0.3 is 0 Å². The van der Waals surface area contributed by atoms with Crippen LogP contribution in [0.1, 0.15) is 23.6 Å². The first kappa shape index (κ1) is 24.2. The molecule has 0 spiro atoms. The van der Waals surface area contributed by atoms with Crippen molar-refractivity contribution in [2.75, 3.05) is 6.61 Å². The Morgan fingerprint density at radius 3 is 2.59 bits per heavy atom. The number of carbonyl (C=O) groups is 1. The number of rotatable bonds is 7. The summed E-state index contributed by atoms with van der Waals surface area (Å²) in [7, 11) is 0. The van der Waals surface area contributed by atoms with Crippen LogP contribution in [0.4, 0.5) is 5.69 Å². The molecule has 0 radical (unpaired) electrons. The predicted molar refractivity (Wildman–Crippen MR) is 140 cm³/mol. The van der Waals surface area contributed by atoms with Crippen LogP contribution in [0.3, 0.4) is 0 Å². The summed E-state index contributed by atoms with van der Waals surface area (Å²) in [5.41, 5.74) is 3.28. The van der Waals surface area contributed by atoms with E-state index in [9.17, 15) is 4.79 Å². The molecule has 1 fully saturated rings. The second-order valence-electron chi connectivity index (χ2n) is 7.38. The molecule has 1 heterocycles. The Balaban J connectivity index is 1.53. The zero-order chi connectivity index (χ0) is 24.1. The number of hydrogen-bond donors (Lipinski definition) is 1. The molecule has 34 heavy (non-hydrogen) atoms. The molecule has 4 rings (SSSR count). The highest BCUT2D eigenvalue weighted by molar-refractivity contribution is 8.18. The first-order valence-electron chi connectivity index (χ1n) is 10.6. The Hall–Kier alpha value is -2.93. The zero-order valence-electron chi connectivity index (χ0n) is 18.6. The lowest BCUT2D eigenvalue weighted by molar-refractivity contribution is -0.115. The van der Waals surface area contributed by atoms with Gasteiger partial charge in [-0.2, -0.15) is 0 Å². The number of amides is 1. The van der Waals surface area contributed by atoms with Gasteiger partial charge in [-0.1, -0.05) is 53.5 Å². The van der Waals surface area contributed by atoms with E-state index in [1.54, 1.807) is 6.08 Å². The van der Waals surface area contributed by atoms with Crippen molar-refractivity contribution in [3.63, 3.8) is 0 Å². The van der Waals surface area contributed by atoms with Crippen LogP contribution in [0.2, 0.25) is 10.0 Å². The van der Waals surface area contributed by atoms with E-state index in [0.717, 1.165) is 22.4 Å². The minimum Gasteiger partial charge on any atom is -0.490 e. The van der Waals surface area contributed by atoms with Gasteiger partial charge in [-0.25, -0.2) is 4.99 Å². The van der Waals surface area contributed by atoms with Gasteiger partial charge < -0.3 is 14.8 Å². The van der Waals surface area contributed by atoms with Gasteiger partial charge in [-0.15, -0.1) is 0 Å². The van der Waals surface area contributed by atoms with Crippen molar-refractivity contribution >= 4 is 57.8 Å². The van der Waals surface area contributed by atoms with Crippen LogP contribution < -0.4 is 14.8 Å². The van der Waals surface area contributed by atoms with Gasteiger partial charge in [0.05, 0.1) is 17.2 Å². The number of hydrogen-bond acceptors (Lipinski definition) is 5. The summed E-state index contributed by atoms with van der Waals surface area (Å²) in [4.78, 5) is 17.6. The largest absolute Gasteiger partial charge is 0.490 e. The van der Waals surface area contributed by atoms with Crippen LogP contribution in [0.15, 0.2) is 70.6 Å². The molecule has 1 N–H and O–H groups in total. The molecule has 1 amide bonds. The van der Waals surface area contributed by atoms with Crippen LogP contribution in [0, 0.1) is 6.92 Å². The van der Waals surface area contributed by atoms with Gasteiger partial charge in [0.1, 0.15) is 6.61 Å². The minimum absolute atomic E-state index is 0.208. The van der Waals surface area contributed by atoms with E-state index in [-0.39, 0.29) is 5.91 Å². The number of carbonyl (C=O) groups excluding carboxylic acids is 1. The number of ether oxygens (including phenoxy) is 2. The van der Waals surface area contributed by atoms with Crippen LogP contribution >= 0.6 is 35.0 Å². The Kier molecular flexibility index (Phi) is 7.83. The normalized spacial score (nSPS) is 15.6. The molecule has 0 atom stereocenters. The molecule has 0 saturated carbocycles. The molecular formula is C26H22Cl2N2O3S. The van der Waals surface area contributed by atoms with Crippen LogP contribution in [0.25, 0.3) is 6.08 Å². The Morgan fingerprint density at radius 1 is 1.00 bits per heavy atom. The molecule has 8 heteroatoms. The molecule has 0 unspecified atom stereocenters. The third-order valence-corrected chi connectivity index (χ3v) is 6.71. The van der Waals surface area contributed by atoms with Crippen LogP contribution in [-0.2, 0) is 11.4 Å². The summed E-state index contributed by atoms with van der Waals surface area (Å²) < 4.78 is 11.7. The van der Waals surface area contributed by atoms with Crippen molar-refractivity contribution in [2.24, 2.45) is 4.99 Å². The molecule has 5 nitrogen and oxygen atoms in total. The van der Waals surface area contributed by atoms with Crippen LogP contribution in [-0.4, -0.2) is 17.7 Å². The molecule has 0 aromatic heterocycles. The fraction of sp³-hybridized carbons (Fsp3) is 0.154. The third-order valence-electron chi connectivity index (χ3n) is 5.02. The summed E-state index contributed by atoms with van der Waals surface area (Å²) in [6.07, 6.45) is 1.80. The van der Waals surface area contributed by atoms with E-state index in [0.29, 0.717) is 44.8 Å². The summed E-state index contributed by atoms with van der Waals surface area (Å²) in [6.45, 7) is 4.60. The van der Waals surface area contributed by atoms with Gasteiger partial charge in [0.15, 0.2) is 16.7 Å². The lowest BCUT2D eigenvalue weighted by Crippen LogP contribution is -2.19.